The minimum absolute atomic E-state index is 0. The molecule has 1 fully saturated rings. The first kappa shape index (κ1) is 21.6. The van der Waals surface area contributed by atoms with Crippen molar-refractivity contribution in [3.05, 3.63) is 69.2 Å². The molecule has 1 unspecified atom stereocenters. The smallest absolute Gasteiger partial charge is 0.158 e. The second kappa shape index (κ2) is 9.60. The van der Waals surface area contributed by atoms with E-state index in [9.17, 15) is 4.79 Å². The highest BCUT2D eigenvalue weighted by Gasteiger charge is 2.31. The molecule has 0 aliphatic carbocycles. The van der Waals surface area contributed by atoms with Gasteiger partial charge in [0.1, 0.15) is 0 Å². The van der Waals surface area contributed by atoms with Gasteiger partial charge in [-0.05, 0) is 61.2 Å². The van der Waals surface area contributed by atoms with E-state index in [0.717, 1.165) is 24.1 Å². The maximum atomic E-state index is 13.2. The van der Waals surface area contributed by atoms with E-state index in [-0.39, 0.29) is 24.2 Å². The molecular formula is C22H25Cl3N2O. The fourth-order valence-electron chi connectivity index (χ4n) is 4.26. The van der Waals surface area contributed by atoms with Crippen LogP contribution in [0.15, 0.2) is 42.5 Å². The molecule has 2 aromatic carbocycles. The summed E-state index contributed by atoms with van der Waals surface area (Å²) in [4.78, 5) is 15.7. The number of benzene rings is 2. The first-order valence-corrected chi connectivity index (χ1v) is 10.4. The Labute approximate surface area is 182 Å². The molecule has 0 aromatic heterocycles. The van der Waals surface area contributed by atoms with Crippen molar-refractivity contribution in [1.82, 2.24) is 10.2 Å². The van der Waals surface area contributed by atoms with Crippen LogP contribution in [0.5, 0.6) is 0 Å². The highest BCUT2D eigenvalue weighted by molar-refractivity contribution is 6.42. The van der Waals surface area contributed by atoms with E-state index < -0.39 is 0 Å². The van der Waals surface area contributed by atoms with Crippen LogP contribution in [0.2, 0.25) is 10.0 Å². The average Bonchev–Trinajstić information content (AvgIpc) is 3.17. The lowest BCUT2D eigenvalue weighted by Crippen LogP contribution is -2.48. The highest BCUT2D eigenvalue weighted by Crippen LogP contribution is 2.29. The molecule has 150 valence electrons. The summed E-state index contributed by atoms with van der Waals surface area (Å²) in [6, 6.07) is 13.8. The van der Waals surface area contributed by atoms with Crippen LogP contribution >= 0.6 is 35.6 Å². The number of halogens is 3. The number of hydrogen-bond donors (Lipinski definition) is 1. The van der Waals surface area contributed by atoms with Gasteiger partial charge in [0.05, 0.1) is 16.1 Å². The van der Waals surface area contributed by atoms with Crippen LogP contribution in [0, 0.1) is 0 Å². The number of likely N-dealkylation sites (tertiary alicyclic amines) is 1. The summed E-state index contributed by atoms with van der Waals surface area (Å²) in [7, 11) is 0. The van der Waals surface area contributed by atoms with Gasteiger partial charge < -0.3 is 4.90 Å². The van der Waals surface area contributed by atoms with E-state index in [4.69, 9.17) is 23.2 Å². The maximum Gasteiger partial charge on any atom is 0.158 e. The van der Waals surface area contributed by atoms with Crippen LogP contribution < -0.4 is 5.32 Å². The molecule has 4 rings (SSSR count). The van der Waals surface area contributed by atoms with Crippen molar-refractivity contribution < 1.29 is 4.79 Å². The fraction of sp³-hybridized carbons (Fsp3) is 0.409. The van der Waals surface area contributed by atoms with Gasteiger partial charge in [-0.25, -0.2) is 0 Å². The molecule has 0 radical (unpaired) electrons. The van der Waals surface area contributed by atoms with Crippen LogP contribution in [0.4, 0.5) is 0 Å². The molecule has 28 heavy (non-hydrogen) atoms. The second-order valence-corrected chi connectivity index (χ2v) is 8.41. The Bertz CT molecular complexity index is 836. The fourth-order valence-corrected chi connectivity index (χ4v) is 4.59. The van der Waals surface area contributed by atoms with Gasteiger partial charge in [-0.1, -0.05) is 53.5 Å². The Balaban J connectivity index is 0.00000225. The van der Waals surface area contributed by atoms with Crippen molar-refractivity contribution in [3.63, 3.8) is 0 Å². The van der Waals surface area contributed by atoms with Gasteiger partial charge in [0.15, 0.2) is 5.78 Å². The van der Waals surface area contributed by atoms with Gasteiger partial charge in [-0.15, -0.1) is 12.4 Å². The van der Waals surface area contributed by atoms with E-state index in [2.05, 4.69) is 28.4 Å². The minimum Gasteiger partial charge on any atom is -0.302 e. The Morgan fingerprint density at radius 3 is 2.57 bits per heavy atom. The van der Waals surface area contributed by atoms with Crippen molar-refractivity contribution in [2.45, 2.75) is 37.8 Å². The number of hydrogen-bond acceptors (Lipinski definition) is 3. The number of carbonyl (C=O) groups is 1. The van der Waals surface area contributed by atoms with Gasteiger partial charge in [0.2, 0.25) is 0 Å². The lowest BCUT2D eigenvalue weighted by molar-refractivity contribution is -0.121. The molecule has 2 aliphatic heterocycles. The van der Waals surface area contributed by atoms with Crippen LogP contribution in [0.3, 0.4) is 0 Å². The third kappa shape index (κ3) is 4.90. The largest absolute Gasteiger partial charge is 0.302 e. The summed E-state index contributed by atoms with van der Waals surface area (Å²) in [6.07, 6.45) is 3.88. The molecule has 0 amide bonds. The zero-order chi connectivity index (χ0) is 18.8. The number of rotatable bonds is 5. The SMILES string of the molecule is Cl.O=C(Cc1ccc(Cl)c(Cl)c1)[C@@H]1NC(CN2CCCC2)Cc2ccccc21. The van der Waals surface area contributed by atoms with E-state index >= 15 is 0 Å². The predicted molar refractivity (Wildman–Crippen MR) is 118 cm³/mol. The molecule has 2 atom stereocenters. The normalized spacial score (nSPS) is 21.8. The molecule has 6 heteroatoms. The van der Waals surface area contributed by atoms with Crippen molar-refractivity contribution in [1.29, 1.82) is 0 Å². The first-order valence-electron chi connectivity index (χ1n) is 9.63. The zero-order valence-corrected chi connectivity index (χ0v) is 18.0. The molecule has 2 aromatic rings. The number of Topliss-reactive ketones (excluding diaryl/α,β-unsaturated/α-hetero) is 1. The highest BCUT2D eigenvalue weighted by atomic mass is 35.5. The molecule has 3 nitrogen and oxygen atoms in total. The van der Waals surface area contributed by atoms with Gasteiger partial charge >= 0.3 is 0 Å². The van der Waals surface area contributed by atoms with Crippen molar-refractivity contribution in [3.8, 4) is 0 Å². The molecule has 1 N–H and O–H groups in total. The molecule has 0 saturated carbocycles. The van der Waals surface area contributed by atoms with E-state index in [1.807, 2.05) is 12.1 Å². The van der Waals surface area contributed by atoms with Crippen LogP contribution in [0.25, 0.3) is 0 Å². The quantitative estimate of drug-likeness (QED) is 0.721. The first-order chi connectivity index (χ1) is 13.1. The molecule has 2 heterocycles. The Morgan fingerprint density at radius 1 is 1.07 bits per heavy atom. The summed E-state index contributed by atoms with van der Waals surface area (Å²) in [5, 5.41) is 4.64. The van der Waals surface area contributed by atoms with Gasteiger partial charge in [0, 0.05) is 19.0 Å². The Morgan fingerprint density at radius 2 is 1.82 bits per heavy atom. The molecule has 0 spiro atoms. The number of ketones is 1. The van der Waals surface area contributed by atoms with Crippen molar-refractivity contribution in [2.75, 3.05) is 19.6 Å². The van der Waals surface area contributed by atoms with Crippen molar-refractivity contribution in [2.24, 2.45) is 0 Å². The zero-order valence-electron chi connectivity index (χ0n) is 15.7. The maximum absolute atomic E-state index is 13.2. The topological polar surface area (TPSA) is 32.3 Å². The summed E-state index contributed by atoms with van der Waals surface area (Å²) >= 11 is 12.1. The third-order valence-electron chi connectivity index (χ3n) is 5.60. The lowest BCUT2D eigenvalue weighted by Gasteiger charge is -2.34. The Kier molecular flexibility index (Phi) is 7.41. The number of nitrogens with one attached hydrogen (secondary N) is 1. The number of fused-ring (bicyclic) bond motifs is 1. The minimum atomic E-state index is -0.267. The number of nitrogens with zero attached hydrogens (tertiary/aromatic N) is 1. The Hall–Kier alpha value is -1.10. The van der Waals surface area contributed by atoms with Crippen LogP contribution in [0.1, 0.15) is 35.6 Å². The second-order valence-electron chi connectivity index (χ2n) is 7.60. The van der Waals surface area contributed by atoms with E-state index in [0.29, 0.717) is 22.5 Å². The molecule has 1 saturated heterocycles. The van der Waals surface area contributed by atoms with Gasteiger partial charge in [-0.3, -0.25) is 10.1 Å². The average molecular weight is 440 g/mol. The predicted octanol–water partition coefficient (Wildman–Crippen LogP) is 4.88. The monoisotopic (exact) mass is 438 g/mol. The lowest BCUT2D eigenvalue weighted by atomic mass is 9.86. The van der Waals surface area contributed by atoms with E-state index in [1.165, 1.54) is 31.5 Å². The van der Waals surface area contributed by atoms with Gasteiger partial charge in [-0.2, -0.15) is 0 Å². The summed E-state index contributed by atoms with van der Waals surface area (Å²) in [6.45, 7) is 3.34. The van der Waals surface area contributed by atoms with Crippen LogP contribution in [-0.4, -0.2) is 36.4 Å². The number of carbonyl (C=O) groups excluding carboxylic acids is 1. The van der Waals surface area contributed by atoms with Crippen molar-refractivity contribution >= 4 is 41.4 Å². The summed E-state index contributed by atoms with van der Waals surface area (Å²) in [5.41, 5.74) is 3.29. The third-order valence-corrected chi connectivity index (χ3v) is 6.34. The standard InChI is InChI=1S/C22H24Cl2N2O.ClH/c23-19-8-7-15(11-20(19)24)12-21(27)22-18-6-2-1-5-16(18)13-17(25-22)14-26-9-3-4-10-26;/h1-2,5-8,11,17,22,25H,3-4,9-10,12-14H2;1H/t17?,22-;/m1./s1. The van der Waals surface area contributed by atoms with Gasteiger partial charge in [0.25, 0.3) is 0 Å². The molecule has 2 aliphatic rings. The molecule has 0 bridgehead atoms. The summed E-state index contributed by atoms with van der Waals surface area (Å²) < 4.78 is 0. The van der Waals surface area contributed by atoms with Crippen LogP contribution in [-0.2, 0) is 17.6 Å². The van der Waals surface area contributed by atoms with E-state index in [1.54, 1.807) is 12.1 Å². The molecular weight excluding hydrogens is 415 g/mol. The summed E-state index contributed by atoms with van der Waals surface area (Å²) in [5.74, 6) is 0.173.